The molecule has 0 aromatic carbocycles. The van der Waals surface area contributed by atoms with Crippen molar-refractivity contribution >= 4 is 29.9 Å². The summed E-state index contributed by atoms with van der Waals surface area (Å²) in [7, 11) is 1.92. The maximum absolute atomic E-state index is 5.68. The van der Waals surface area contributed by atoms with Gasteiger partial charge in [-0.25, -0.2) is 0 Å². The molecule has 1 N–H and O–H groups in total. The molecule has 1 spiro atoms. The van der Waals surface area contributed by atoms with E-state index in [1.165, 1.54) is 25.7 Å². The van der Waals surface area contributed by atoms with Crippen LogP contribution in [0.3, 0.4) is 0 Å². The fraction of sp³-hybridized carbons (Fsp3) is 0.950. The lowest BCUT2D eigenvalue weighted by molar-refractivity contribution is 0.00260. The van der Waals surface area contributed by atoms with Gasteiger partial charge in [0.25, 0.3) is 0 Å². The second kappa shape index (κ2) is 11.2. The molecule has 7 heteroatoms. The number of guanidine groups is 1. The first kappa shape index (κ1) is 23.2. The van der Waals surface area contributed by atoms with Gasteiger partial charge in [0.15, 0.2) is 5.96 Å². The lowest BCUT2D eigenvalue weighted by Crippen LogP contribution is -2.53. The van der Waals surface area contributed by atoms with E-state index in [4.69, 9.17) is 9.47 Å². The predicted molar refractivity (Wildman–Crippen MR) is 121 cm³/mol. The predicted octanol–water partition coefficient (Wildman–Crippen LogP) is 2.43. The number of morpholine rings is 1. The Morgan fingerprint density at radius 3 is 2.41 bits per heavy atom. The van der Waals surface area contributed by atoms with Gasteiger partial charge >= 0.3 is 0 Å². The second-order valence-corrected chi connectivity index (χ2v) is 8.19. The van der Waals surface area contributed by atoms with E-state index in [2.05, 4.69) is 34.0 Å². The third kappa shape index (κ3) is 5.70. The highest BCUT2D eigenvalue weighted by atomic mass is 127. The number of hydrogen-bond donors (Lipinski definition) is 1. The molecule has 0 amide bonds. The first-order valence-electron chi connectivity index (χ1n) is 10.6. The average Bonchev–Trinajstić information content (AvgIpc) is 3.32. The van der Waals surface area contributed by atoms with Gasteiger partial charge < -0.3 is 19.7 Å². The van der Waals surface area contributed by atoms with Crippen LogP contribution in [-0.4, -0.2) is 88.0 Å². The van der Waals surface area contributed by atoms with Crippen LogP contribution in [0.15, 0.2) is 4.99 Å². The van der Waals surface area contributed by atoms with Gasteiger partial charge in [-0.1, -0.05) is 26.7 Å². The van der Waals surface area contributed by atoms with E-state index in [-0.39, 0.29) is 24.0 Å². The number of likely N-dealkylation sites (tertiary alicyclic amines) is 1. The third-order valence-electron chi connectivity index (χ3n) is 6.71. The minimum absolute atomic E-state index is 0. The molecule has 3 aliphatic heterocycles. The van der Waals surface area contributed by atoms with Crippen molar-refractivity contribution in [1.82, 2.24) is 15.1 Å². The Morgan fingerprint density at radius 1 is 1.07 bits per heavy atom. The topological polar surface area (TPSA) is 49.3 Å². The van der Waals surface area contributed by atoms with Crippen LogP contribution in [0.4, 0.5) is 0 Å². The van der Waals surface area contributed by atoms with Crippen LogP contribution in [-0.2, 0) is 9.47 Å². The number of hydrogen-bond acceptors (Lipinski definition) is 4. The SMILES string of the molecule is CCC(CC)C(CNC(=NC)N1CCC2(CCOC2)C1)N1CCOCC1.I. The Bertz CT molecular complexity index is 461. The first-order chi connectivity index (χ1) is 12.7. The molecule has 0 saturated carbocycles. The van der Waals surface area contributed by atoms with Gasteiger partial charge in [-0.2, -0.15) is 0 Å². The normalized spacial score (nSPS) is 28.0. The largest absolute Gasteiger partial charge is 0.381 e. The van der Waals surface area contributed by atoms with E-state index in [0.717, 1.165) is 65.1 Å². The molecule has 0 bridgehead atoms. The molecule has 0 aliphatic carbocycles. The molecule has 0 radical (unpaired) electrons. The summed E-state index contributed by atoms with van der Waals surface area (Å²) < 4.78 is 11.2. The molecule has 27 heavy (non-hydrogen) atoms. The zero-order chi connectivity index (χ0) is 18.4. The van der Waals surface area contributed by atoms with Crippen molar-refractivity contribution < 1.29 is 9.47 Å². The molecule has 3 saturated heterocycles. The fourth-order valence-electron chi connectivity index (χ4n) is 4.95. The maximum Gasteiger partial charge on any atom is 0.193 e. The van der Waals surface area contributed by atoms with Crippen LogP contribution < -0.4 is 5.32 Å². The fourth-order valence-corrected chi connectivity index (χ4v) is 4.95. The molecule has 3 heterocycles. The number of aliphatic imine (C=N–C) groups is 1. The second-order valence-electron chi connectivity index (χ2n) is 8.19. The number of ether oxygens (including phenoxy) is 2. The number of nitrogens with one attached hydrogen (secondary N) is 1. The molecular weight excluding hydrogens is 455 g/mol. The zero-order valence-corrected chi connectivity index (χ0v) is 19.7. The number of halogens is 1. The molecular formula is C20H39IN4O2. The summed E-state index contributed by atoms with van der Waals surface area (Å²) in [5.41, 5.74) is 0.372. The van der Waals surface area contributed by atoms with E-state index in [0.29, 0.717) is 17.4 Å². The summed E-state index contributed by atoms with van der Waals surface area (Å²) in [6.45, 7) is 13.5. The molecule has 3 fully saturated rings. The van der Waals surface area contributed by atoms with Crippen molar-refractivity contribution in [2.45, 2.75) is 45.6 Å². The summed E-state index contributed by atoms with van der Waals surface area (Å²) in [4.78, 5) is 9.67. The number of nitrogens with zero attached hydrogens (tertiary/aromatic N) is 3. The minimum atomic E-state index is 0. The Hall–Kier alpha value is -0.120. The Kier molecular flexibility index (Phi) is 9.58. The molecule has 0 aromatic rings. The van der Waals surface area contributed by atoms with Gasteiger partial charge in [0, 0.05) is 57.8 Å². The van der Waals surface area contributed by atoms with Crippen LogP contribution in [0, 0.1) is 11.3 Å². The first-order valence-corrected chi connectivity index (χ1v) is 10.6. The highest BCUT2D eigenvalue weighted by Crippen LogP contribution is 2.38. The lowest BCUT2D eigenvalue weighted by Gasteiger charge is -2.39. The molecule has 158 valence electrons. The smallest absolute Gasteiger partial charge is 0.193 e. The summed E-state index contributed by atoms with van der Waals surface area (Å²) in [6, 6.07) is 0.553. The van der Waals surface area contributed by atoms with E-state index < -0.39 is 0 Å². The standard InChI is InChI=1S/C20H38N4O2.HI/c1-4-17(5-2)18(23-9-12-25-13-10-23)14-22-19(21-3)24-8-6-20(15-24)7-11-26-16-20;/h17-18H,4-16H2,1-3H3,(H,21,22);1H. The molecule has 2 unspecified atom stereocenters. The van der Waals surface area contributed by atoms with E-state index in [9.17, 15) is 0 Å². The van der Waals surface area contributed by atoms with Gasteiger partial charge in [-0.3, -0.25) is 9.89 Å². The van der Waals surface area contributed by atoms with E-state index in [1.807, 2.05) is 7.05 Å². The lowest BCUT2D eigenvalue weighted by atomic mass is 9.87. The summed E-state index contributed by atoms with van der Waals surface area (Å²) in [6.07, 6.45) is 4.88. The van der Waals surface area contributed by atoms with Crippen LogP contribution >= 0.6 is 24.0 Å². The van der Waals surface area contributed by atoms with Crippen molar-refractivity contribution in [3.8, 4) is 0 Å². The molecule has 6 nitrogen and oxygen atoms in total. The molecule has 0 aromatic heterocycles. The summed E-state index contributed by atoms with van der Waals surface area (Å²) in [5.74, 6) is 1.78. The molecule has 2 atom stereocenters. The van der Waals surface area contributed by atoms with Crippen molar-refractivity contribution in [3.05, 3.63) is 0 Å². The molecule has 3 rings (SSSR count). The van der Waals surface area contributed by atoms with E-state index >= 15 is 0 Å². The quantitative estimate of drug-likeness (QED) is 0.349. The number of rotatable bonds is 6. The average molecular weight is 494 g/mol. The van der Waals surface area contributed by atoms with Gasteiger partial charge in [-0.05, 0) is 18.8 Å². The molecule has 3 aliphatic rings. The van der Waals surface area contributed by atoms with Gasteiger partial charge in [0.05, 0.1) is 19.8 Å². The highest BCUT2D eigenvalue weighted by molar-refractivity contribution is 14.0. The van der Waals surface area contributed by atoms with Crippen molar-refractivity contribution in [1.29, 1.82) is 0 Å². The summed E-state index contributed by atoms with van der Waals surface area (Å²) >= 11 is 0. The van der Waals surface area contributed by atoms with Gasteiger partial charge in [0.2, 0.25) is 0 Å². The van der Waals surface area contributed by atoms with Gasteiger partial charge in [0.1, 0.15) is 0 Å². The highest BCUT2D eigenvalue weighted by Gasteiger charge is 2.42. The van der Waals surface area contributed by atoms with Crippen LogP contribution in [0.5, 0.6) is 0 Å². The van der Waals surface area contributed by atoms with Crippen molar-refractivity contribution in [2.75, 3.05) is 66.2 Å². The van der Waals surface area contributed by atoms with Crippen molar-refractivity contribution in [3.63, 3.8) is 0 Å². The van der Waals surface area contributed by atoms with Gasteiger partial charge in [-0.15, -0.1) is 24.0 Å². The minimum Gasteiger partial charge on any atom is -0.381 e. The van der Waals surface area contributed by atoms with Crippen LogP contribution in [0.25, 0.3) is 0 Å². The van der Waals surface area contributed by atoms with Crippen LogP contribution in [0.2, 0.25) is 0 Å². The Balaban J connectivity index is 0.00000261. The Morgan fingerprint density at radius 2 is 1.81 bits per heavy atom. The monoisotopic (exact) mass is 494 g/mol. The van der Waals surface area contributed by atoms with E-state index in [1.54, 1.807) is 0 Å². The third-order valence-corrected chi connectivity index (χ3v) is 6.71. The van der Waals surface area contributed by atoms with Crippen LogP contribution in [0.1, 0.15) is 39.5 Å². The van der Waals surface area contributed by atoms with Crippen molar-refractivity contribution in [2.24, 2.45) is 16.3 Å². The summed E-state index contributed by atoms with van der Waals surface area (Å²) in [5, 5.41) is 3.72. The zero-order valence-electron chi connectivity index (χ0n) is 17.4. The Labute approximate surface area is 182 Å². The maximum atomic E-state index is 5.68.